The van der Waals surface area contributed by atoms with E-state index in [1.165, 1.54) is 39.3 Å². The van der Waals surface area contributed by atoms with Gasteiger partial charge in [0.2, 0.25) is 0 Å². The highest BCUT2D eigenvalue weighted by molar-refractivity contribution is 6.13. The van der Waals surface area contributed by atoms with Gasteiger partial charge in [-0.3, -0.25) is 14.5 Å². The van der Waals surface area contributed by atoms with Gasteiger partial charge in [-0.15, -0.1) is 0 Å². The van der Waals surface area contributed by atoms with Gasteiger partial charge in [0.05, 0.1) is 6.04 Å². The average Bonchev–Trinajstić information content (AvgIpc) is 3.08. The van der Waals surface area contributed by atoms with Gasteiger partial charge < -0.3 is 0 Å². The molecule has 2 aliphatic rings. The normalized spacial score (nSPS) is 22.1. The number of nitrogens with zero attached hydrogens (tertiary/aromatic N) is 1. The third kappa shape index (κ3) is 3.29. The number of hydrogen-bond acceptors (Lipinski definition) is 2. The fourth-order valence-electron chi connectivity index (χ4n) is 4.60. The first-order valence-corrected chi connectivity index (χ1v) is 9.80. The summed E-state index contributed by atoms with van der Waals surface area (Å²) in [5.74, 6) is 0.0494. The van der Waals surface area contributed by atoms with Crippen molar-refractivity contribution in [3.8, 4) is 0 Å². The molecule has 1 aromatic rings. The molecule has 1 aromatic carbocycles. The molecule has 0 saturated carbocycles. The van der Waals surface area contributed by atoms with E-state index in [0.29, 0.717) is 5.92 Å². The molecule has 0 N–H and O–H groups in total. The van der Waals surface area contributed by atoms with Gasteiger partial charge in [-0.1, -0.05) is 52.2 Å². The van der Waals surface area contributed by atoms with E-state index < -0.39 is 0 Å². The lowest BCUT2D eigenvalue weighted by molar-refractivity contribution is -0.140. The van der Waals surface area contributed by atoms with Gasteiger partial charge in [0, 0.05) is 12.2 Å². The van der Waals surface area contributed by atoms with E-state index in [0.717, 1.165) is 44.9 Å². The van der Waals surface area contributed by atoms with Crippen molar-refractivity contribution in [2.24, 2.45) is 5.92 Å². The number of fused-ring (bicyclic) bond motifs is 1. The number of hydrogen-bond donors (Lipinski definition) is 0. The molecule has 0 saturated heterocycles. The molecule has 0 bridgehead atoms. The monoisotopic (exact) mass is 339 g/mol. The van der Waals surface area contributed by atoms with E-state index in [1.54, 1.807) is 0 Å². The van der Waals surface area contributed by atoms with Crippen LogP contribution < -0.4 is 0 Å². The summed E-state index contributed by atoms with van der Waals surface area (Å²) in [6, 6.07) is 4.58. The van der Waals surface area contributed by atoms with Crippen LogP contribution in [-0.2, 0) is 28.9 Å². The Bertz CT molecular complexity index is 686. The zero-order valence-corrected chi connectivity index (χ0v) is 15.7. The van der Waals surface area contributed by atoms with Crippen molar-refractivity contribution >= 4 is 11.8 Å². The van der Waals surface area contributed by atoms with E-state index in [2.05, 4.69) is 32.9 Å². The van der Waals surface area contributed by atoms with Crippen LogP contribution >= 0.6 is 0 Å². The van der Waals surface area contributed by atoms with Crippen molar-refractivity contribution in [1.29, 1.82) is 0 Å². The summed E-state index contributed by atoms with van der Waals surface area (Å²) < 4.78 is 0. The fourth-order valence-corrected chi connectivity index (χ4v) is 4.60. The van der Waals surface area contributed by atoms with Crippen LogP contribution in [0.25, 0.3) is 0 Å². The highest BCUT2D eigenvalue weighted by Gasteiger charge is 2.43. The average molecular weight is 339 g/mol. The van der Waals surface area contributed by atoms with E-state index in [4.69, 9.17) is 0 Å². The molecule has 0 aromatic heterocycles. The van der Waals surface area contributed by atoms with E-state index in [9.17, 15) is 9.59 Å². The molecule has 3 heteroatoms. The van der Waals surface area contributed by atoms with Gasteiger partial charge in [-0.05, 0) is 53.9 Å². The number of carbonyl (C=O) groups excluding carboxylic acids is 2. The zero-order valence-electron chi connectivity index (χ0n) is 15.7. The van der Waals surface area contributed by atoms with E-state index >= 15 is 0 Å². The Morgan fingerprint density at radius 1 is 0.960 bits per heavy atom. The Morgan fingerprint density at radius 3 is 2.24 bits per heavy atom. The standard InChI is InChI=1S/C22H29NO2/c1-4-7-15-12-16(8-5-2)21-18(13-15)14-17(9-6-3)22(21)23-19(24)10-11-20(23)25/h10-13,17,22H,4-9,14H2,1-3H3/t17-,22-/m0/s1. The maximum absolute atomic E-state index is 12.4. The van der Waals surface area contributed by atoms with Gasteiger partial charge in [0.25, 0.3) is 11.8 Å². The maximum Gasteiger partial charge on any atom is 0.254 e. The summed E-state index contributed by atoms with van der Waals surface area (Å²) in [7, 11) is 0. The van der Waals surface area contributed by atoms with Crippen LogP contribution in [0.5, 0.6) is 0 Å². The number of amides is 2. The third-order valence-electron chi connectivity index (χ3n) is 5.47. The fraction of sp³-hybridized carbons (Fsp3) is 0.545. The van der Waals surface area contributed by atoms with Crippen molar-refractivity contribution in [2.45, 2.75) is 71.8 Å². The van der Waals surface area contributed by atoms with Crippen molar-refractivity contribution in [1.82, 2.24) is 4.90 Å². The van der Waals surface area contributed by atoms with Crippen molar-refractivity contribution < 1.29 is 9.59 Å². The van der Waals surface area contributed by atoms with Crippen LogP contribution in [0, 0.1) is 5.92 Å². The topological polar surface area (TPSA) is 37.4 Å². The Labute approximate surface area is 151 Å². The minimum absolute atomic E-state index is 0.0813. The molecule has 3 nitrogen and oxygen atoms in total. The van der Waals surface area contributed by atoms with Crippen LogP contribution in [0.3, 0.4) is 0 Å². The number of imide groups is 1. The van der Waals surface area contributed by atoms with E-state index in [1.807, 2.05) is 0 Å². The van der Waals surface area contributed by atoms with Crippen LogP contribution in [-0.4, -0.2) is 16.7 Å². The van der Waals surface area contributed by atoms with Gasteiger partial charge in [-0.2, -0.15) is 0 Å². The molecule has 2 amide bonds. The molecule has 0 unspecified atom stereocenters. The molecule has 1 aliphatic heterocycles. The number of aryl methyl sites for hydroxylation is 2. The van der Waals surface area contributed by atoms with Crippen molar-refractivity contribution in [3.63, 3.8) is 0 Å². The lowest BCUT2D eigenvalue weighted by Crippen LogP contribution is -2.37. The maximum atomic E-state index is 12.4. The Morgan fingerprint density at radius 2 is 1.64 bits per heavy atom. The summed E-state index contributed by atoms with van der Waals surface area (Å²) >= 11 is 0. The zero-order chi connectivity index (χ0) is 18.0. The van der Waals surface area contributed by atoms with E-state index in [-0.39, 0.29) is 17.9 Å². The second-order valence-electron chi connectivity index (χ2n) is 7.41. The Balaban J connectivity index is 2.08. The van der Waals surface area contributed by atoms with Gasteiger partial charge in [0.15, 0.2) is 0 Å². The molecule has 0 spiro atoms. The molecule has 1 heterocycles. The lowest BCUT2D eigenvalue weighted by Gasteiger charge is -2.30. The molecule has 25 heavy (non-hydrogen) atoms. The van der Waals surface area contributed by atoms with Crippen LogP contribution in [0.2, 0.25) is 0 Å². The highest BCUT2D eigenvalue weighted by atomic mass is 16.2. The summed E-state index contributed by atoms with van der Waals surface area (Å²) in [5.41, 5.74) is 5.38. The highest BCUT2D eigenvalue weighted by Crippen LogP contribution is 2.46. The van der Waals surface area contributed by atoms with Gasteiger partial charge in [-0.25, -0.2) is 0 Å². The number of benzene rings is 1. The smallest absolute Gasteiger partial charge is 0.254 e. The predicted octanol–water partition coefficient (Wildman–Crippen LogP) is 4.53. The summed E-state index contributed by atoms with van der Waals surface area (Å²) in [6.07, 6.45) is 10.3. The lowest BCUT2D eigenvalue weighted by atomic mass is 9.90. The van der Waals surface area contributed by atoms with Crippen LogP contribution in [0.15, 0.2) is 24.3 Å². The first-order chi connectivity index (χ1) is 12.1. The van der Waals surface area contributed by atoms with Crippen LogP contribution in [0.1, 0.15) is 74.8 Å². The molecular weight excluding hydrogens is 310 g/mol. The third-order valence-corrected chi connectivity index (χ3v) is 5.47. The predicted molar refractivity (Wildman–Crippen MR) is 100 cm³/mol. The first-order valence-electron chi connectivity index (χ1n) is 9.80. The number of rotatable bonds is 7. The van der Waals surface area contributed by atoms with Crippen molar-refractivity contribution in [3.05, 3.63) is 46.5 Å². The number of carbonyl (C=O) groups is 2. The van der Waals surface area contributed by atoms with Crippen LogP contribution in [0.4, 0.5) is 0 Å². The summed E-state index contributed by atoms with van der Waals surface area (Å²) in [5, 5.41) is 0. The largest absolute Gasteiger partial charge is 0.269 e. The van der Waals surface area contributed by atoms with Gasteiger partial charge >= 0.3 is 0 Å². The molecule has 0 radical (unpaired) electrons. The minimum Gasteiger partial charge on any atom is -0.269 e. The molecule has 0 fully saturated rings. The first kappa shape index (κ1) is 17.9. The summed E-state index contributed by atoms with van der Waals surface area (Å²) in [6.45, 7) is 6.59. The minimum atomic E-state index is -0.149. The molecule has 3 rings (SSSR count). The molecule has 2 atom stereocenters. The molecule has 1 aliphatic carbocycles. The molecular formula is C22H29NO2. The van der Waals surface area contributed by atoms with Gasteiger partial charge in [0.1, 0.15) is 0 Å². The van der Waals surface area contributed by atoms with Crippen molar-refractivity contribution in [2.75, 3.05) is 0 Å². The Kier molecular flexibility index (Phi) is 5.41. The SMILES string of the molecule is CCCc1cc(CCC)c2c(c1)C[C@H](CCC)[C@@H]2N1C(=O)C=CC1=O. The Hall–Kier alpha value is -1.90. The second kappa shape index (κ2) is 7.55. The summed E-state index contributed by atoms with van der Waals surface area (Å²) in [4.78, 5) is 26.3. The molecule has 134 valence electrons. The second-order valence-corrected chi connectivity index (χ2v) is 7.41. The quantitative estimate of drug-likeness (QED) is 0.684.